The van der Waals surface area contributed by atoms with Gasteiger partial charge in [0.15, 0.2) is 0 Å². The molecule has 1 fully saturated rings. The third-order valence-corrected chi connectivity index (χ3v) is 4.68. The van der Waals surface area contributed by atoms with E-state index >= 15 is 0 Å². The number of nitrogens with zero attached hydrogens (tertiary/aromatic N) is 4. The molecule has 3 rings (SSSR count). The fourth-order valence-electron chi connectivity index (χ4n) is 2.94. The molecule has 1 amide bonds. The molecule has 0 aliphatic carbocycles. The number of hydrogen-bond acceptors (Lipinski definition) is 7. The van der Waals surface area contributed by atoms with Crippen LogP contribution in [0.2, 0.25) is 0 Å². The van der Waals surface area contributed by atoms with Crippen molar-refractivity contribution in [3.63, 3.8) is 0 Å². The molecule has 0 spiro atoms. The van der Waals surface area contributed by atoms with Gasteiger partial charge in [0, 0.05) is 50.7 Å². The number of carbonyl (C=O) groups excluding carboxylic acids is 1. The van der Waals surface area contributed by atoms with E-state index in [2.05, 4.69) is 20.3 Å². The van der Waals surface area contributed by atoms with E-state index in [4.69, 9.17) is 4.74 Å². The molecule has 9 nitrogen and oxygen atoms in total. The lowest BCUT2D eigenvalue weighted by Gasteiger charge is -2.44. The molecule has 0 aromatic carbocycles. The van der Waals surface area contributed by atoms with Crippen LogP contribution in [0.3, 0.4) is 0 Å². The Balaban J connectivity index is 1.72. The van der Waals surface area contributed by atoms with Crippen molar-refractivity contribution in [3.8, 4) is 17.3 Å². The normalized spacial score (nSPS) is 14.2. The smallest absolute Gasteiger partial charge is 0.316 e. The average molecular weight is 384 g/mol. The SMILES string of the molecule is CNC/C=C/C(=O)N1CC(N(C)c2cc(-c3ccnc(OC)n3)c[nH]c2=O)C1. The number of aromatic nitrogens is 3. The molecule has 28 heavy (non-hydrogen) atoms. The molecule has 0 radical (unpaired) electrons. The summed E-state index contributed by atoms with van der Waals surface area (Å²) < 4.78 is 5.06. The third kappa shape index (κ3) is 4.20. The highest BCUT2D eigenvalue weighted by Crippen LogP contribution is 2.23. The zero-order valence-corrected chi connectivity index (χ0v) is 16.2. The molecule has 2 N–H and O–H groups in total. The van der Waals surface area contributed by atoms with Gasteiger partial charge in [-0.25, -0.2) is 4.98 Å². The minimum atomic E-state index is -0.189. The van der Waals surface area contributed by atoms with Crippen LogP contribution in [0.25, 0.3) is 11.3 Å². The van der Waals surface area contributed by atoms with E-state index in [0.717, 1.165) is 5.56 Å². The van der Waals surface area contributed by atoms with Gasteiger partial charge in [0.25, 0.3) is 5.56 Å². The predicted octanol–water partition coefficient (Wildman–Crippen LogP) is 0.263. The van der Waals surface area contributed by atoms with E-state index in [9.17, 15) is 9.59 Å². The number of aromatic amines is 1. The molecular formula is C19H24N6O3. The van der Waals surface area contributed by atoms with Gasteiger partial charge in [-0.2, -0.15) is 4.98 Å². The first-order chi connectivity index (χ1) is 13.5. The molecule has 1 aliphatic heterocycles. The number of carbonyl (C=O) groups is 1. The number of rotatable bonds is 7. The summed E-state index contributed by atoms with van der Waals surface area (Å²) in [4.78, 5) is 39.1. The number of pyridine rings is 1. The Morgan fingerprint density at radius 1 is 1.50 bits per heavy atom. The van der Waals surface area contributed by atoms with Crippen molar-refractivity contribution in [3.05, 3.63) is 47.0 Å². The van der Waals surface area contributed by atoms with E-state index in [1.165, 1.54) is 7.11 Å². The molecule has 0 unspecified atom stereocenters. The van der Waals surface area contributed by atoms with Crippen molar-refractivity contribution >= 4 is 11.6 Å². The fourth-order valence-corrected chi connectivity index (χ4v) is 2.94. The molecule has 0 saturated carbocycles. The maximum atomic E-state index is 12.3. The topological polar surface area (TPSA) is 103 Å². The number of methoxy groups -OCH3 is 1. The summed E-state index contributed by atoms with van der Waals surface area (Å²) in [5.41, 5.74) is 1.74. The van der Waals surface area contributed by atoms with Gasteiger partial charge in [-0.05, 0) is 19.2 Å². The molecule has 3 heterocycles. The van der Waals surface area contributed by atoms with Gasteiger partial charge in [0.05, 0.1) is 18.8 Å². The zero-order chi connectivity index (χ0) is 20.1. The van der Waals surface area contributed by atoms with E-state index in [-0.39, 0.29) is 23.5 Å². The fraction of sp³-hybridized carbons (Fsp3) is 0.368. The molecule has 148 valence electrons. The largest absolute Gasteiger partial charge is 0.467 e. The molecule has 1 aliphatic rings. The highest BCUT2D eigenvalue weighted by molar-refractivity contribution is 5.88. The summed E-state index contributed by atoms with van der Waals surface area (Å²) in [5, 5.41) is 2.96. The van der Waals surface area contributed by atoms with Gasteiger partial charge in [-0.15, -0.1) is 0 Å². The van der Waals surface area contributed by atoms with Gasteiger partial charge >= 0.3 is 6.01 Å². The van der Waals surface area contributed by atoms with Crippen LogP contribution in [0.1, 0.15) is 0 Å². The second-order valence-electron chi connectivity index (χ2n) is 6.50. The number of likely N-dealkylation sites (tertiary alicyclic amines) is 1. The second kappa shape index (κ2) is 8.66. The minimum absolute atomic E-state index is 0.0179. The van der Waals surface area contributed by atoms with Crippen LogP contribution in [0, 0.1) is 0 Å². The lowest BCUT2D eigenvalue weighted by atomic mass is 10.1. The second-order valence-corrected chi connectivity index (χ2v) is 6.50. The number of anilines is 1. The monoisotopic (exact) mass is 384 g/mol. The van der Waals surface area contributed by atoms with E-state index < -0.39 is 0 Å². The third-order valence-electron chi connectivity index (χ3n) is 4.68. The van der Waals surface area contributed by atoms with Gasteiger partial charge in [-0.1, -0.05) is 6.08 Å². The summed E-state index contributed by atoms with van der Waals surface area (Å²) in [6.45, 7) is 1.80. The highest BCUT2D eigenvalue weighted by atomic mass is 16.5. The first-order valence-electron chi connectivity index (χ1n) is 8.96. The van der Waals surface area contributed by atoms with Gasteiger partial charge in [-0.3, -0.25) is 9.59 Å². The maximum absolute atomic E-state index is 12.3. The number of amides is 1. The maximum Gasteiger partial charge on any atom is 0.316 e. The number of nitrogens with one attached hydrogen (secondary N) is 2. The summed E-state index contributed by atoms with van der Waals surface area (Å²) in [6.07, 6.45) is 6.59. The molecule has 2 aromatic heterocycles. The van der Waals surface area contributed by atoms with E-state index in [1.807, 2.05) is 19.0 Å². The molecule has 0 bridgehead atoms. The Labute approximate surface area is 163 Å². The van der Waals surface area contributed by atoms with Gasteiger partial charge in [0.2, 0.25) is 5.91 Å². The molecule has 2 aromatic rings. The first-order valence-corrected chi connectivity index (χ1v) is 8.96. The Kier molecular flexibility index (Phi) is 6.05. The van der Waals surface area contributed by atoms with Crippen LogP contribution in [0.5, 0.6) is 6.01 Å². The van der Waals surface area contributed by atoms with E-state index in [1.54, 1.807) is 41.6 Å². The number of ether oxygens (including phenoxy) is 1. The Bertz CT molecular complexity index is 920. The number of likely N-dealkylation sites (N-methyl/N-ethyl adjacent to an activating group) is 2. The van der Waals surface area contributed by atoms with Gasteiger partial charge < -0.3 is 24.8 Å². The molecular weight excluding hydrogens is 360 g/mol. The first kappa shape index (κ1) is 19.6. The Morgan fingerprint density at radius 3 is 3.00 bits per heavy atom. The number of H-pyrrole nitrogens is 1. The minimum Gasteiger partial charge on any atom is -0.467 e. The van der Waals surface area contributed by atoms with Crippen LogP contribution in [0.4, 0.5) is 5.69 Å². The Hall–Kier alpha value is -3.20. The van der Waals surface area contributed by atoms with Crippen LogP contribution >= 0.6 is 0 Å². The van der Waals surface area contributed by atoms with Crippen LogP contribution in [-0.4, -0.2) is 72.6 Å². The average Bonchev–Trinajstić information content (AvgIpc) is 2.67. The molecule has 1 saturated heterocycles. The lowest BCUT2D eigenvalue weighted by Crippen LogP contribution is -2.60. The summed E-state index contributed by atoms with van der Waals surface area (Å²) in [5.74, 6) is -0.0179. The van der Waals surface area contributed by atoms with Crippen molar-refractivity contribution in [2.24, 2.45) is 0 Å². The quantitative estimate of drug-likeness (QED) is 0.660. The molecule has 9 heteroatoms. The number of hydrogen-bond donors (Lipinski definition) is 2. The summed E-state index contributed by atoms with van der Waals surface area (Å²) in [7, 11) is 5.19. The van der Waals surface area contributed by atoms with Gasteiger partial charge in [0.1, 0.15) is 5.69 Å². The standard InChI is InChI=1S/C19H24N6O3/c1-20-7-4-5-17(26)25-11-14(12-25)24(2)16-9-13(10-22-18(16)27)15-6-8-21-19(23-15)28-3/h4-6,8-10,14,20H,7,11-12H2,1-3H3,(H,22,27)/b5-4+. The van der Waals surface area contributed by atoms with Crippen molar-refractivity contribution in [1.82, 2.24) is 25.2 Å². The summed E-state index contributed by atoms with van der Waals surface area (Å²) in [6, 6.07) is 3.88. The predicted molar refractivity (Wildman–Crippen MR) is 106 cm³/mol. The van der Waals surface area contributed by atoms with E-state index in [0.29, 0.717) is 31.0 Å². The van der Waals surface area contributed by atoms with Crippen molar-refractivity contribution in [1.29, 1.82) is 0 Å². The van der Waals surface area contributed by atoms with Crippen LogP contribution in [-0.2, 0) is 4.79 Å². The summed E-state index contributed by atoms with van der Waals surface area (Å²) >= 11 is 0. The molecule has 0 atom stereocenters. The highest BCUT2D eigenvalue weighted by Gasteiger charge is 2.33. The van der Waals surface area contributed by atoms with Crippen LogP contribution < -0.4 is 20.5 Å². The Morgan fingerprint density at radius 2 is 2.29 bits per heavy atom. The van der Waals surface area contributed by atoms with Crippen LogP contribution in [0.15, 0.2) is 41.5 Å². The van der Waals surface area contributed by atoms with Crippen molar-refractivity contribution < 1.29 is 9.53 Å². The zero-order valence-electron chi connectivity index (χ0n) is 16.2. The van der Waals surface area contributed by atoms with Crippen molar-refractivity contribution in [2.45, 2.75) is 6.04 Å². The lowest BCUT2D eigenvalue weighted by molar-refractivity contribution is -0.130. The van der Waals surface area contributed by atoms with Crippen molar-refractivity contribution in [2.75, 3.05) is 45.7 Å².